The summed E-state index contributed by atoms with van der Waals surface area (Å²) in [6.45, 7) is 5.53. The predicted molar refractivity (Wildman–Crippen MR) is 126 cm³/mol. The number of hydrogen-bond acceptors (Lipinski definition) is 5. The number of fused-ring (bicyclic) bond motifs is 4. The van der Waals surface area contributed by atoms with Crippen LogP contribution in [-0.4, -0.2) is 60.9 Å². The van der Waals surface area contributed by atoms with Gasteiger partial charge in [-0.25, -0.2) is 8.42 Å². The standard InChI is InChI=1S/C24H30N4O4S/c1-17(29)26-11-9-20(10-12-26)27-14-18-13-19(16-27)24-22(7-8-23(30)28(24)15-18)25-33(31,32)21-5-3-2-4-6-21/h2-8,18-20,25H,9-16H2,1H3. The Morgan fingerprint density at radius 2 is 1.73 bits per heavy atom. The average Bonchev–Trinajstić information content (AvgIpc) is 2.81. The van der Waals surface area contributed by atoms with E-state index in [0.29, 0.717) is 24.2 Å². The first kappa shape index (κ1) is 22.2. The van der Waals surface area contributed by atoms with Gasteiger partial charge in [0.25, 0.3) is 15.6 Å². The molecule has 4 heterocycles. The summed E-state index contributed by atoms with van der Waals surface area (Å²) >= 11 is 0. The first-order valence-corrected chi connectivity index (χ1v) is 13.1. The van der Waals surface area contributed by atoms with E-state index in [1.165, 1.54) is 6.07 Å². The number of carbonyl (C=O) groups is 1. The number of piperidine rings is 2. The van der Waals surface area contributed by atoms with Gasteiger partial charge >= 0.3 is 0 Å². The Kier molecular flexibility index (Phi) is 5.78. The van der Waals surface area contributed by atoms with Crippen molar-refractivity contribution in [2.75, 3.05) is 30.9 Å². The molecule has 1 aromatic carbocycles. The van der Waals surface area contributed by atoms with Gasteiger partial charge in [0.2, 0.25) is 5.91 Å². The van der Waals surface area contributed by atoms with Crippen molar-refractivity contribution in [3.05, 3.63) is 58.5 Å². The molecule has 2 fully saturated rings. The van der Waals surface area contributed by atoms with Gasteiger partial charge in [-0.3, -0.25) is 19.2 Å². The lowest BCUT2D eigenvalue weighted by atomic mass is 9.81. The minimum atomic E-state index is -3.75. The summed E-state index contributed by atoms with van der Waals surface area (Å²) in [6.07, 6.45) is 2.86. The number of rotatable bonds is 4. The summed E-state index contributed by atoms with van der Waals surface area (Å²) in [6, 6.07) is 11.8. The molecule has 1 amide bonds. The number of hydrogen-bond donors (Lipinski definition) is 1. The Balaban J connectivity index is 1.41. The van der Waals surface area contributed by atoms with Crippen LogP contribution < -0.4 is 10.3 Å². The zero-order chi connectivity index (χ0) is 23.2. The summed E-state index contributed by atoms with van der Waals surface area (Å²) < 4.78 is 30.5. The number of aromatic nitrogens is 1. The minimum absolute atomic E-state index is 0.0782. The maximum atomic E-state index is 13.0. The van der Waals surface area contributed by atoms with Crippen LogP contribution in [0.25, 0.3) is 0 Å². The van der Waals surface area contributed by atoms with Crippen LogP contribution in [0, 0.1) is 5.92 Å². The molecule has 2 unspecified atom stereocenters. The SMILES string of the molecule is CC(=O)N1CCC(N2CC3CC(C2)c2c(NS(=O)(=O)c4ccccc4)ccc(=O)n2C3)CC1. The van der Waals surface area contributed by atoms with E-state index in [0.717, 1.165) is 51.1 Å². The maximum absolute atomic E-state index is 13.0. The topological polar surface area (TPSA) is 91.7 Å². The van der Waals surface area contributed by atoms with Crippen molar-refractivity contribution in [2.45, 2.75) is 49.6 Å². The fraction of sp³-hybridized carbons (Fsp3) is 0.500. The molecule has 2 bridgehead atoms. The van der Waals surface area contributed by atoms with Crippen LogP contribution >= 0.6 is 0 Å². The quantitative estimate of drug-likeness (QED) is 0.739. The summed E-state index contributed by atoms with van der Waals surface area (Å²) in [5.74, 6) is 0.582. The third-order valence-electron chi connectivity index (χ3n) is 7.34. The summed E-state index contributed by atoms with van der Waals surface area (Å²) in [5.41, 5.74) is 1.21. The molecule has 3 aliphatic heterocycles. The zero-order valence-electron chi connectivity index (χ0n) is 18.8. The van der Waals surface area contributed by atoms with Crippen molar-refractivity contribution in [2.24, 2.45) is 5.92 Å². The van der Waals surface area contributed by atoms with E-state index < -0.39 is 10.0 Å². The second-order valence-corrected chi connectivity index (χ2v) is 11.2. The van der Waals surface area contributed by atoms with Gasteiger partial charge in [-0.1, -0.05) is 18.2 Å². The van der Waals surface area contributed by atoms with Crippen LogP contribution in [0.2, 0.25) is 0 Å². The highest BCUT2D eigenvalue weighted by Gasteiger charge is 2.39. The van der Waals surface area contributed by atoms with E-state index >= 15 is 0 Å². The highest BCUT2D eigenvalue weighted by molar-refractivity contribution is 7.92. The fourth-order valence-corrected chi connectivity index (χ4v) is 6.88. The number of amides is 1. The van der Waals surface area contributed by atoms with Crippen LogP contribution in [0.4, 0.5) is 5.69 Å². The van der Waals surface area contributed by atoms with Gasteiger partial charge in [0.15, 0.2) is 0 Å². The second kappa shape index (κ2) is 8.61. The number of benzene rings is 1. The van der Waals surface area contributed by atoms with Gasteiger partial charge in [0, 0.05) is 63.4 Å². The lowest BCUT2D eigenvalue weighted by Crippen LogP contribution is -2.53. The first-order chi connectivity index (χ1) is 15.8. The Morgan fingerprint density at radius 1 is 1.00 bits per heavy atom. The number of pyridine rings is 1. The second-order valence-electron chi connectivity index (χ2n) is 9.49. The number of likely N-dealkylation sites (tertiary alicyclic amines) is 2. The smallest absolute Gasteiger partial charge is 0.261 e. The molecule has 0 radical (unpaired) electrons. The van der Waals surface area contributed by atoms with E-state index in [4.69, 9.17) is 0 Å². The highest BCUT2D eigenvalue weighted by Crippen LogP contribution is 2.40. The molecular weight excluding hydrogens is 440 g/mol. The summed E-state index contributed by atoms with van der Waals surface area (Å²) in [4.78, 5) is 29.0. The number of carbonyl (C=O) groups excluding carboxylic acids is 1. The molecule has 2 atom stereocenters. The molecule has 0 spiro atoms. The van der Waals surface area contributed by atoms with Crippen LogP contribution in [0.5, 0.6) is 0 Å². The molecule has 3 aliphatic rings. The monoisotopic (exact) mass is 470 g/mol. The van der Waals surface area contributed by atoms with E-state index in [2.05, 4.69) is 9.62 Å². The summed E-state index contributed by atoms with van der Waals surface area (Å²) in [5, 5.41) is 0. The molecule has 2 aromatic rings. The maximum Gasteiger partial charge on any atom is 0.261 e. The van der Waals surface area contributed by atoms with Gasteiger partial charge in [-0.2, -0.15) is 0 Å². The van der Waals surface area contributed by atoms with Crippen LogP contribution in [0.1, 0.15) is 37.8 Å². The summed E-state index contributed by atoms with van der Waals surface area (Å²) in [7, 11) is -3.75. The molecule has 5 rings (SSSR count). The Morgan fingerprint density at radius 3 is 2.42 bits per heavy atom. The lowest BCUT2D eigenvalue weighted by Gasteiger charge is -2.47. The highest BCUT2D eigenvalue weighted by atomic mass is 32.2. The van der Waals surface area contributed by atoms with Crippen molar-refractivity contribution < 1.29 is 13.2 Å². The van der Waals surface area contributed by atoms with Crippen LogP contribution in [0.15, 0.2) is 52.2 Å². The molecule has 8 nitrogen and oxygen atoms in total. The molecule has 0 saturated carbocycles. The molecule has 9 heteroatoms. The minimum Gasteiger partial charge on any atom is -0.343 e. The average molecular weight is 471 g/mol. The van der Waals surface area contributed by atoms with Gasteiger partial charge < -0.3 is 9.47 Å². The normalized spacial score (nSPS) is 23.7. The molecule has 1 aromatic heterocycles. The van der Waals surface area contributed by atoms with E-state index in [-0.39, 0.29) is 22.3 Å². The molecule has 1 N–H and O–H groups in total. The first-order valence-electron chi connectivity index (χ1n) is 11.6. The third kappa shape index (κ3) is 4.31. The van der Waals surface area contributed by atoms with E-state index in [9.17, 15) is 18.0 Å². The molecule has 33 heavy (non-hydrogen) atoms. The van der Waals surface area contributed by atoms with E-state index in [1.54, 1.807) is 47.9 Å². The van der Waals surface area contributed by atoms with Crippen molar-refractivity contribution in [3.8, 4) is 0 Å². The Hall–Kier alpha value is -2.65. The fourth-order valence-electron chi connectivity index (χ4n) is 5.79. The predicted octanol–water partition coefficient (Wildman–Crippen LogP) is 2.08. The van der Waals surface area contributed by atoms with Crippen molar-refractivity contribution in [3.63, 3.8) is 0 Å². The molecule has 2 saturated heterocycles. The molecule has 176 valence electrons. The van der Waals surface area contributed by atoms with Crippen molar-refractivity contribution in [1.82, 2.24) is 14.4 Å². The van der Waals surface area contributed by atoms with Crippen LogP contribution in [0.3, 0.4) is 0 Å². The van der Waals surface area contributed by atoms with E-state index in [1.807, 2.05) is 4.90 Å². The van der Waals surface area contributed by atoms with Gasteiger partial charge in [-0.15, -0.1) is 0 Å². The Labute approximate surface area is 194 Å². The third-order valence-corrected chi connectivity index (χ3v) is 8.72. The number of sulfonamides is 1. The zero-order valence-corrected chi connectivity index (χ0v) is 19.6. The van der Waals surface area contributed by atoms with Crippen molar-refractivity contribution in [1.29, 1.82) is 0 Å². The largest absolute Gasteiger partial charge is 0.343 e. The van der Waals surface area contributed by atoms with Crippen LogP contribution in [-0.2, 0) is 21.4 Å². The number of nitrogens with zero attached hydrogens (tertiary/aromatic N) is 3. The Bertz CT molecular complexity index is 1200. The lowest BCUT2D eigenvalue weighted by molar-refractivity contribution is -0.130. The van der Waals surface area contributed by atoms with Gasteiger partial charge in [0.1, 0.15) is 0 Å². The van der Waals surface area contributed by atoms with Crippen molar-refractivity contribution >= 4 is 21.6 Å². The molecule has 0 aliphatic carbocycles. The van der Waals surface area contributed by atoms with Gasteiger partial charge in [-0.05, 0) is 43.4 Å². The number of anilines is 1. The van der Waals surface area contributed by atoms with Gasteiger partial charge in [0.05, 0.1) is 10.6 Å². The number of nitrogens with one attached hydrogen (secondary N) is 1. The molecular formula is C24H30N4O4S.